The quantitative estimate of drug-likeness (QED) is 0.430. The number of rotatable bonds is 7. The Morgan fingerprint density at radius 1 is 1.27 bits per heavy atom. The fourth-order valence-electron chi connectivity index (χ4n) is 1.96. The molecule has 2 atom stereocenters. The van der Waals surface area contributed by atoms with Crippen LogP contribution in [0.5, 0.6) is 0 Å². The van der Waals surface area contributed by atoms with E-state index in [0.29, 0.717) is 10.5 Å². The fourth-order valence-corrected chi connectivity index (χ4v) is 3.47. The van der Waals surface area contributed by atoms with Gasteiger partial charge in [0.2, 0.25) is 0 Å². The molecule has 116 valence electrons. The summed E-state index contributed by atoms with van der Waals surface area (Å²) in [6.45, 7) is 4.80. The highest BCUT2D eigenvalue weighted by Gasteiger charge is 2.12. The van der Waals surface area contributed by atoms with Crippen LogP contribution < -0.4 is 10.9 Å². The fraction of sp³-hybridized carbons (Fsp3) is 0.250. The highest BCUT2D eigenvalue weighted by Crippen LogP contribution is 2.29. The maximum atomic E-state index is 11.3. The van der Waals surface area contributed by atoms with Crippen LogP contribution in [0, 0.1) is 0 Å². The minimum atomic E-state index is -0.123. The second-order valence-electron chi connectivity index (χ2n) is 4.87. The molecule has 6 heteroatoms. The molecule has 0 saturated carbocycles. The number of halogens is 2. The number of nitrogens with zero attached hydrogens (tertiary/aromatic N) is 1. The van der Waals surface area contributed by atoms with Gasteiger partial charge < -0.3 is 10.3 Å². The molecule has 0 amide bonds. The van der Waals surface area contributed by atoms with Crippen molar-refractivity contribution in [1.82, 2.24) is 15.3 Å². The first-order valence-electron chi connectivity index (χ1n) is 6.85. The normalized spacial score (nSPS) is 13.4. The third-order valence-corrected chi connectivity index (χ3v) is 5.38. The average Bonchev–Trinajstić information content (AvgIpc) is 2.53. The first-order chi connectivity index (χ1) is 10.6. The summed E-state index contributed by atoms with van der Waals surface area (Å²) in [7, 11) is 0. The monoisotopic (exact) mass is 521 g/mol. The van der Waals surface area contributed by atoms with Crippen molar-refractivity contribution in [1.29, 1.82) is 0 Å². The highest BCUT2D eigenvalue weighted by atomic mass is 127. The molecule has 0 aliphatic rings. The first kappa shape index (κ1) is 17.5. The lowest BCUT2D eigenvalue weighted by Crippen LogP contribution is -2.20. The Morgan fingerprint density at radius 2 is 2.00 bits per heavy atom. The minimum absolute atomic E-state index is 0.123. The van der Waals surface area contributed by atoms with Crippen LogP contribution in [0.1, 0.15) is 25.5 Å². The van der Waals surface area contributed by atoms with E-state index in [1.807, 2.05) is 6.07 Å². The van der Waals surface area contributed by atoms with Crippen LogP contribution in [-0.2, 0) is 0 Å². The zero-order valence-electron chi connectivity index (χ0n) is 11.9. The molecule has 2 unspecified atom stereocenters. The first-order valence-corrected chi connectivity index (χ1v) is 9.34. The minimum Gasteiger partial charge on any atom is -0.387 e. The zero-order valence-corrected chi connectivity index (χ0v) is 16.2. The van der Waals surface area contributed by atoms with E-state index < -0.39 is 0 Å². The van der Waals surface area contributed by atoms with Crippen molar-refractivity contribution in [3.05, 3.63) is 76.6 Å². The number of nitrogens with one attached hydrogen (secondary N) is 2. The van der Waals surface area contributed by atoms with Crippen LogP contribution in [0.3, 0.4) is 0 Å². The van der Waals surface area contributed by atoms with Crippen LogP contribution in [0.15, 0.2) is 59.8 Å². The van der Waals surface area contributed by atoms with Gasteiger partial charge in [0.15, 0.2) is 0 Å². The highest BCUT2D eigenvalue weighted by molar-refractivity contribution is 14.1. The number of aromatic amines is 1. The predicted octanol–water partition coefficient (Wildman–Crippen LogP) is 3.92. The standard InChI is InChI=1S/C16H17I2N3O/c1-11(7-13(17)12-5-3-2-4-6-12)19-9-14(18)15-8-16(22)21-10-20-15/h2-6,8,10,13-14,19H,1,7,9H2,(H,20,21,22). The summed E-state index contributed by atoms with van der Waals surface area (Å²) in [5, 5.41) is 3.34. The summed E-state index contributed by atoms with van der Waals surface area (Å²) in [6.07, 6.45) is 2.31. The Hall–Kier alpha value is -0.900. The molecule has 1 heterocycles. The average molecular weight is 521 g/mol. The van der Waals surface area contributed by atoms with Gasteiger partial charge in [0.05, 0.1) is 15.9 Å². The van der Waals surface area contributed by atoms with Gasteiger partial charge >= 0.3 is 0 Å². The molecule has 22 heavy (non-hydrogen) atoms. The van der Waals surface area contributed by atoms with Gasteiger partial charge in [0.25, 0.3) is 5.56 Å². The molecule has 0 fully saturated rings. The summed E-state index contributed by atoms with van der Waals surface area (Å²) in [6, 6.07) is 11.9. The van der Waals surface area contributed by atoms with E-state index in [2.05, 4.69) is 91.3 Å². The molecule has 0 saturated heterocycles. The largest absolute Gasteiger partial charge is 0.387 e. The predicted molar refractivity (Wildman–Crippen MR) is 107 cm³/mol. The van der Waals surface area contributed by atoms with Crippen LogP contribution in [0.25, 0.3) is 0 Å². The zero-order chi connectivity index (χ0) is 15.9. The Kier molecular flexibility index (Phi) is 6.87. The van der Waals surface area contributed by atoms with Crippen LogP contribution in [0.4, 0.5) is 0 Å². The second kappa shape index (κ2) is 8.66. The number of alkyl halides is 2. The lowest BCUT2D eigenvalue weighted by Gasteiger charge is -2.16. The van der Waals surface area contributed by atoms with Crippen molar-refractivity contribution in [2.45, 2.75) is 14.3 Å². The number of aromatic nitrogens is 2. The molecule has 2 aromatic rings. The maximum Gasteiger partial charge on any atom is 0.250 e. The number of hydrogen-bond acceptors (Lipinski definition) is 3. The molecular formula is C16H17I2N3O. The van der Waals surface area contributed by atoms with E-state index in [1.54, 1.807) is 0 Å². The molecule has 4 nitrogen and oxygen atoms in total. The van der Waals surface area contributed by atoms with Gasteiger partial charge in [-0.25, -0.2) is 4.98 Å². The van der Waals surface area contributed by atoms with Crippen LogP contribution >= 0.6 is 45.2 Å². The number of allylic oxidation sites excluding steroid dienone is 1. The van der Waals surface area contributed by atoms with Crippen molar-refractivity contribution >= 4 is 45.2 Å². The summed E-state index contributed by atoms with van der Waals surface area (Å²) in [5.41, 5.74) is 2.95. The van der Waals surface area contributed by atoms with Gasteiger partial charge in [-0.05, 0) is 5.56 Å². The molecule has 0 bridgehead atoms. The van der Waals surface area contributed by atoms with Gasteiger partial charge in [-0.2, -0.15) is 0 Å². The van der Waals surface area contributed by atoms with Gasteiger partial charge in [-0.3, -0.25) is 4.79 Å². The molecule has 1 aromatic carbocycles. The van der Waals surface area contributed by atoms with Crippen molar-refractivity contribution in [2.24, 2.45) is 0 Å². The van der Waals surface area contributed by atoms with E-state index in [0.717, 1.165) is 17.8 Å². The SMILES string of the molecule is C=C(CC(I)c1ccccc1)NCC(I)c1cc(=O)[nH]cn1. The van der Waals surface area contributed by atoms with E-state index >= 15 is 0 Å². The van der Waals surface area contributed by atoms with Gasteiger partial charge in [0.1, 0.15) is 0 Å². The van der Waals surface area contributed by atoms with E-state index in [4.69, 9.17) is 0 Å². The van der Waals surface area contributed by atoms with Crippen molar-refractivity contribution in [3.8, 4) is 0 Å². The number of benzene rings is 1. The van der Waals surface area contributed by atoms with Gasteiger partial charge in [0, 0.05) is 28.7 Å². The van der Waals surface area contributed by atoms with Crippen LogP contribution in [-0.4, -0.2) is 16.5 Å². The van der Waals surface area contributed by atoms with Gasteiger partial charge in [-0.15, -0.1) is 0 Å². The smallest absolute Gasteiger partial charge is 0.250 e. The lowest BCUT2D eigenvalue weighted by atomic mass is 10.1. The Balaban J connectivity index is 1.84. The van der Waals surface area contributed by atoms with E-state index in [9.17, 15) is 4.79 Å². The molecule has 0 radical (unpaired) electrons. The Labute approximate surface area is 157 Å². The van der Waals surface area contributed by atoms with E-state index in [1.165, 1.54) is 18.0 Å². The van der Waals surface area contributed by atoms with E-state index in [-0.39, 0.29) is 9.48 Å². The number of H-pyrrole nitrogens is 1. The van der Waals surface area contributed by atoms with Crippen LogP contribution in [0.2, 0.25) is 0 Å². The Morgan fingerprint density at radius 3 is 2.68 bits per heavy atom. The summed E-state index contributed by atoms with van der Waals surface area (Å²) < 4.78 is 0.519. The molecule has 0 aliphatic carbocycles. The molecule has 0 spiro atoms. The van der Waals surface area contributed by atoms with Crippen molar-refractivity contribution < 1.29 is 0 Å². The van der Waals surface area contributed by atoms with Crippen molar-refractivity contribution in [2.75, 3.05) is 6.54 Å². The molecule has 2 rings (SSSR count). The molecule has 1 aromatic heterocycles. The second-order valence-corrected chi connectivity index (χ2v) is 7.88. The van der Waals surface area contributed by atoms with Gasteiger partial charge in [-0.1, -0.05) is 82.1 Å². The summed E-state index contributed by atoms with van der Waals surface area (Å²) in [4.78, 5) is 18.0. The molecule has 0 aliphatic heterocycles. The maximum absolute atomic E-state index is 11.3. The topological polar surface area (TPSA) is 57.8 Å². The lowest BCUT2D eigenvalue weighted by molar-refractivity contribution is 0.732. The van der Waals surface area contributed by atoms with Crippen molar-refractivity contribution in [3.63, 3.8) is 0 Å². The summed E-state index contributed by atoms with van der Waals surface area (Å²) >= 11 is 4.72. The third kappa shape index (κ3) is 5.38. The summed E-state index contributed by atoms with van der Waals surface area (Å²) in [5.74, 6) is 0. The number of hydrogen-bond donors (Lipinski definition) is 2. The Bertz CT molecular complexity index is 672. The third-order valence-electron chi connectivity index (χ3n) is 3.14. The molecular weight excluding hydrogens is 504 g/mol. The molecule has 2 N–H and O–H groups in total.